The van der Waals surface area contributed by atoms with E-state index < -0.39 is 0 Å². The van der Waals surface area contributed by atoms with E-state index >= 15 is 0 Å². The van der Waals surface area contributed by atoms with E-state index in [2.05, 4.69) is 5.32 Å². The fourth-order valence-corrected chi connectivity index (χ4v) is 2.64. The molecule has 5 heteroatoms. The van der Waals surface area contributed by atoms with Crippen LogP contribution in [0.15, 0.2) is 12.1 Å². The molecule has 23 heavy (non-hydrogen) atoms. The minimum absolute atomic E-state index is 0.0315. The van der Waals surface area contributed by atoms with Crippen LogP contribution in [0.2, 0.25) is 0 Å². The topological polar surface area (TPSA) is 58.6 Å². The summed E-state index contributed by atoms with van der Waals surface area (Å²) < 4.78 is 5.22. The number of hydrogen-bond donors (Lipinski definition) is 1. The number of nitrogens with one attached hydrogen (secondary N) is 1. The monoisotopic (exact) mass is 318 g/mol. The van der Waals surface area contributed by atoms with Crippen molar-refractivity contribution in [2.75, 3.05) is 23.4 Å². The van der Waals surface area contributed by atoms with Gasteiger partial charge < -0.3 is 10.1 Å². The van der Waals surface area contributed by atoms with Crippen LogP contribution in [-0.4, -0.2) is 31.1 Å². The predicted octanol–water partition coefficient (Wildman–Crippen LogP) is 3.18. The van der Waals surface area contributed by atoms with E-state index in [-0.39, 0.29) is 24.5 Å². The average Bonchev–Trinajstić information content (AvgIpc) is 2.52. The number of rotatable bonds is 6. The minimum Gasteiger partial charge on any atom is -0.464 e. The molecule has 1 heterocycles. The SMILES string of the molecule is CCCCOC(=O)CN1C(=O)C(CC)Nc2cc(C)c(C)cc21. The van der Waals surface area contributed by atoms with Crippen LogP contribution in [0.3, 0.4) is 0 Å². The normalized spacial score (nSPS) is 16.8. The third-order valence-corrected chi connectivity index (χ3v) is 4.25. The molecule has 1 unspecified atom stereocenters. The summed E-state index contributed by atoms with van der Waals surface area (Å²) in [5, 5.41) is 3.28. The third-order valence-electron chi connectivity index (χ3n) is 4.25. The molecule has 0 spiro atoms. The van der Waals surface area contributed by atoms with Crippen molar-refractivity contribution >= 4 is 23.3 Å². The van der Waals surface area contributed by atoms with Gasteiger partial charge in [-0.25, -0.2) is 0 Å². The summed E-state index contributed by atoms with van der Waals surface area (Å²) in [6.07, 6.45) is 2.49. The van der Waals surface area contributed by atoms with Crippen LogP contribution < -0.4 is 10.2 Å². The van der Waals surface area contributed by atoms with Crippen LogP contribution in [0.4, 0.5) is 11.4 Å². The van der Waals surface area contributed by atoms with E-state index in [1.807, 2.05) is 39.8 Å². The molecule has 1 amide bonds. The van der Waals surface area contributed by atoms with E-state index in [9.17, 15) is 9.59 Å². The van der Waals surface area contributed by atoms with Gasteiger partial charge in [-0.3, -0.25) is 14.5 Å². The Balaban J connectivity index is 2.24. The van der Waals surface area contributed by atoms with Crippen molar-refractivity contribution in [3.63, 3.8) is 0 Å². The van der Waals surface area contributed by atoms with Gasteiger partial charge >= 0.3 is 5.97 Å². The molecule has 0 bridgehead atoms. The molecule has 0 fully saturated rings. The highest BCUT2D eigenvalue weighted by molar-refractivity contribution is 6.07. The Hall–Kier alpha value is -2.04. The lowest BCUT2D eigenvalue weighted by molar-refractivity contribution is -0.143. The number of nitrogens with zero attached hydrogens (tertiary/aromatic N) is 1. The molecule has 0 aromatic heterocycles. The fraction of sp³-hybridized carbons (Fsp3) is 0.556. The molecule has 1 aliphatic rings. The Morgan fingerprint density at radius 1 is 1.26 bits per heavy atom. The highest BCUT2D eigenvalue weighted by Crippen LogP contribution is 2.34. The third kappa shape index (κ3) is 3.84. The van der Waals surface area contributed by atoms with Gasteiger partial charge in [0.05, 0.1) is 18.0 Å². The standard InChI is InChI=1S/C18H26N2O3/c1-5-7-8-23-17(21)11-20-16-10-13(4)12(3)9-15(16)19-14(6-2)18(20)22/h9-10,14,19H,5-8,11H2,1-4H3. The largest absolute Gasteiger partial charge is 0.464 e. The Kier molecular flexibility index (Phi) is 5.64. The smallest absolute Gasteiger partial charge is 0.326 e. The van der Waals surface area contributed by atoms with Crippen molar-refractivity contribution in [3.05, 3.63) is 23.3 Å². The van der Waals surface area contributed by atoms with Gasteiger partial charge in [0, 0.05) is 0 Å². The molecule has 0 radical (unpaired) electrons. The Labute approximate surface area is 138 Å². The first kappa shape index (κ1) is 17.3. The van der Waals surface area contributed by atoms with Crippen LogP contribution in [0.25, 0.3) is 0 Å². The zero-order valence-electron chi connectivity index (χ0n) is 14.4. The molecule has 1 atom stereocenters. The van der Waals surface area contributed by atoms with Crippen LogP contribution >= 0.6 is 0 Å². The lowest BCUT2D eigenvalue weighted by Crippen LogP contribution is -2.49. The number of carbonyl (C=O) groups excluding carboxylic acids is 2. The van der Waals surface area contributed by atoms with Crippen LogP contribution in [0.5, 0.6) is 0 Å². The number of carbonyl (C=O) groups is 2. The van der Waals surface area contributed by atoms with Crippen LogP contribution in [0.1, 0.15) is 44.2 Å². The first-order valence-electron chi connectivity index (χ1n) is 8.32. The fourth-order valence-electron chi connectivity index (χ4n) is 2.64. The van der Waals surface area contributed by atoms with Crippen molar-refractivity contribution in [1.29, 1.82) is 0 Å². The first-order valence-corrected chi connectivity index (χ1v) is 8.32. The number of esters is 1. The maximum Gasteiger partial charge on any atom is 0.326 e. The van der Waals surface area contributed by atoms with Crippen LogP contribution in [0, 0.1) is 13.8 Å². The maximum atomic E-state index is 12.6. The molecule has 1 aromatic carbocycles. The lowest BCUT2D eigenvalue weighted by atomic mass is 10.0. The van der Waals surface area contributed by atoms with Crippen molar-refractivity contribution in [1.82, 2.24) is 0 Å². The molecular formula is C18H26N2O3. The van der Waals surface area contributed by atoms with Gasteiger partial charge in [-0.1, -0.05) is 20.3 Å². The second-order valence-corrected chi connectivity index (χ2v) is 6.06. The number of benzene rings is 1. The molecule has 5 nitrogen and oxygen atoms in total. The molecule has 126 valence electrons. The second kappa shape index (κ2) is 7.49. The lowest BCUT2D eigenvalue weighted by Gasteiger charge is -2.35. The molecule has 1 aromatic rings. The summed E-state index contributed by atoms with van der Waals surface area (Å²) >= 11 is 0. The van der Waals surface area contributed by atoms with E-state index in [0.717, 1.165) is 35.3 Å². The zero-order valence-corrected chi connectivity index (χ0v) is 14.4. The number of fused-ring (bicyclic) bond motifs is 1. The van der Waals surface area contributed by atoms with Crippen molar-refractivity contribution in [2.24, 2.45) is 0 Å². The zero-order chi connectivity index (χ0) is 17.0. The van der Waals surface area contributed by atoms with Gasteiger partial charge in [-0.05, 0) is 49.9 Å². The van der Waals surface area contributed by atoms with Crippen molar-refractivity contribution in [2.45, 2.75) is 53.0 Å². The minimum atomic E-state index is -0.354. The summed E-state index contributed by atoms with van der Waals surface area (Å²) in [5.74, 6) is -0.427. The van der Waals surface area contributed by atoms with Crippen molar-refractivity contribution in [3.8, 4) is 0 Å². The number of hydrogen-bond acceptors (Lipinski definition) is 4. The van der Waals surface area contributed by atoms with E-state index in [1.54, 1.807) is 4.90 Å². The molecule has 1 N–H and O–H groups in total. The Bertz CT molecular complexity index is 598. The van der Waals surface area contributed by atoms with Gasteiger partial charge in [-0.15, -0.1) is 0 Å². The first-order chi connectivity index (χ1) is 11.0. The Morgan fingerprint density at radius 3 is 2.61 bits per heavy atom. The van der Waals surface area contributed by atoms with E-state index in [1.165, 1.54) is 0 Å². The highest BCUT2D eigenvalue weighted by Gasteiger charge is 2.33. The second-order valence-electron chi connectivity index (χ2n) is 6.06. The summed E-state index contributed by atoms with van der Waals surface area (Å²) in [5.41, 5.74) is 3.92. The van der Waals surface area contributed by atoms with Gasteiger partial charge in [0.1, 0.15) is 12.6 Å². The molecule has 2 rings (SSSR count). The molecule has 0 saturated heterocycles. The van der Waals surface area contributed by atoms with Gasteiger partial charge in [0.2, 0.25) is 5.91 Å². The maximum absolute atomic E-state index is 12.6. The molecule has 0 saturated carbocycles. The van der Waals surface area contributed by atoms with Crippen LogP contribution in [-0.2, 0) is 14.3 Å². The van der Waals surface area contributed by atoms with Gasteiger partial charge in [0.25, 0.3) is 0 Å². The predicted molar refractivity (Wildman–Crippen MR) is 91.8 cm³/mol. The summed E-state index contributed by atoms with van der Waals surface area (Å²) in [7, 11) is 0. The summed E-state index contributed by atoms with van der Waals surface area (Å²) in [6.45, 7) is 8.42. The van der Waals surface area contributed by atoms with Gasteiger partial charge in [0.15, 0.2) is 0 Å². The molecular weight excluding hydrogens is 292 g/mol. The summed E-state index contributed by atoms with van der Waals surface area (Å²) in [4.78, 5) is 26.2. The molecule has 0 aliphatic carbocycles. The summed E-state index contributed by atoms with van der Waals surface area (Å²) in [6, 6.07) is 3.70. The number of ether oxygens (including phenoxy) is 1. The number of amides is 1. The average molecular weight is 318 g/mol. The number of aryl methyl sites for hydroxylation is 2. The van der Waals surface area contributed by atoms with Crippen molar-refractivity contribution < 1.29 is 14.3 Å². The number of unbranched alkanes of at least 4 members (excludes halogenated alkanes) is 1. The molecule has 1 aliphatic heterocycles. The Morgan fingerprint density at radius 2 is 1.96 bits per heavy atom. The van der Waals surface area contributed by atoms with Gasteiger partial charge in [-0.2, -0.15) is 0 Å². The van der Waals surface area contributed by atoms with E-state index in [0.29, 0.717) is 13.0 Å². The quantitative estimate of drug-likeness (QED) is 0.646. The van der Waals surface area contributed by atoms with E-state index in [4.69, 9.17) is 4.74 Å². The number of anilines is 2. The highest BCUT2D eigenvalue weighted by atomic mass is 16.5.